The van der Waals surface area contributed by atoms with Crippen LogP contribution in [0.25, 0.3) is 0 Å². The van der Waals surface area contributed by atoms with Crippen molar-refractivity contribution in [1.29, 1.82) is 0 Å². The second kappa shape index (κ2) is 9.70. The summed E-state index contributed by atoms with van der Waals surface area (Å²) in [6.45, 7) is 3.92. The van der Waals surface area contributed by atoms with Gasteiger partial charge >= 0.3 is 0 Å². The summed E-state index contributed by atoms with van der Waals surface area (Å²) in [5, 5.41) is 3.56. The molecule has 0 unspecified atom stereocenters. The van der Waals surface area contributed by atoms with Gasteiger partial charge in [0.2, 0.25) is 0 Å². The van der Waals surface area contributed by atoms with Crippen molar-refractivity contribution in [2.24, 2.45) is 5.73 Å². The topological polar surface area (TPSA) is 71.5 Å². The zero-order valence-electron chi connectivity index (χ0n) is 14.2. The number of carbonyl (C=O) groups is 1. The second-order valence-electron chi connectivity index (χ2n) is 6.09. The number of benzene rings is 1. The Kier molecular flexibility index (Phi) is 8.29. The smallest absolute Gasteiger partial charge is 0.257 e. The van der Waals surface area contributed by atoms with Gasteiger partial charge in [0.15, 0.2) is 0 Å². The first kappa shape index (κ1) is 21.4. The maximum absolute atomic E-state index is 12.4. The third kappa shape index (κ3) is 5.39. The van der Waals surface area contributed by atoms with Crippen molar-refractivity contribution in [1.82, 2.24) is 4.90 Å². The summed E-state index contributed by atoms with van der Waals surface area (Å²) in [6, 6.07) is 10.5. The maximum atomic E-state index is 12.4. The number of halogens is 2. The Morgan fingerprint density at radius 3 is 2.60 bits per heavy atom. The first-order chi connectivity index (χ1) is 11.2. The van der Waals surface area contributed by atoms with E-state index in [2.05, 4.69) is 36.5 Å². The number of furan rings is 1. The van der Waals surface area contributed by atoms with E-state index in [9.17, 15) is 4.79 Å². The van der Waals surface area contributed by atoms with Gasteiger partial charge in [-0.1, -0.05) is 12.1 Å². The van der Waals surface area contributed by atoms with Crippen molar-refractivity contribution in [3.63, 3.8) is 0 Å². The van der Waals surface area contributed by atoms with Crippen molar-refractivity contribution in [3.05, 3.63) is 53.5 Å². The van der Waals surface area contributed by atoms with Crippen LogP contribution < -0.4 is 11.1 Å². The SMILES string of the molecule is Cc1cccc(NC2CCN(C(=O)c3coc(CN)c3)CC2)c1.Cl.Cl. The largest absolute Gasteiger partial charge is 0.467 e. The number of piperidine rings is 1. The molecule has 0 atom stereocenters. The Bertz CT molecular complexity index is 682. The molecule has 7 heteroatoms. The third-order valence-corrected chi connectivity index (χ3v) is 4.27. The molecule has 1 aromatic carbocycles. The molecule has 1 aliphatic rings. The van der Waals surface area contributed by atoms with Crippen LogP contribution in [0.2, 0.25) is 0 Å². The first-order valence-electron chi connectivity index (χ1n) is 8.05. The van der Waals surface area contributed by atoms with Gasteiger partial charge in [0.05, 0.1) is 12.1 Å². The summed E-state index contributed by atoms with van der Waals surface area (Å²) in [7, 11) is 0. The Balaban J connectivity index is 0.00000156. The number of aryl methyl sites for hydroxylation is 1. The quantitative estimate of drug-likeness (QED) is 0.842. The molecule has 5 nitrogen and oxygen atoms in total. The number of amides is 1. The minimum absolute atomic E-state index is 0. The van der Waals surface area contributed by atoms with Gasteiger partial charge < -0.3 is 20.4 Å². The highest BCUT2D eigenvalue weighted by Crippen LogP contribution is 2.19. The van der Waals surface area contributed by atoms with E-state index in [1.807, 2.05) is 4.90 Å². The van der Waals surface area contributed by atoms with Gasteiger partial charge in [-0.05, 0) is 43.5 Å². The van der Waals surface area contributed by atoms with Gasteiger partial charge in [-0.3, -0.25) is 4.79 Å². The molecule has 1 amide bonds. The fourth-order valence-electron chi connectivity index (χ4n) is 2.98. The first-order valence-corrected chi connectivity index (χ1v) is 8.05. The molecule has 1 aliphatic heterocycles. The van der Waals surface area contributed by atoms with Crippen molar-refractivity contribution < 1.29 is 9.21 Å². The molecule has 138 valence electrons. The normalized spacial score (nSPS) is 14.4. The molecule has 1 saturated heterocycles. The number of nitrogens with one attached hydrogen (secondary N) is 1. The Labute approximate surface area is 160 Å². The van der Waals surface area contributed by atoms with E-state index in [0.717, 1.165) is 31.6 Å². The number of hydrogen-bond donors (Lipinski definition) is 2. The summed E-state index contributed by atoms with van der Waals surface area (Å²) in [6.07, 6.45) is 3.39. The fourth-order valence-corrected chi connectivity index (χ4v) is 2.98. The summed E-state index contributed by atoms with van der Waals surface area (Å²) < 4.78 is 5.25. The predicted octanol–water partition coefficient (Wildman–Crippen LogP) is 3.61. The zero-order valence-corrected chi connectivity index (χ0v) is 15.9. The van der Waals surface area contributed by atoms with Gasteiger partial charge in [0, 0.05) is 24.8 Å². The van der Waals surface area contributed by atoms with Gasteiger partial charge in [0.1, 0.15) is 12.0 Å². The van der Waals surface area contributed by atoms with E-state index in [-0.39, 0.29) is 30.7 Å². The number of nitrogens with zero attached hydrogens (tertiary/aromatic N) is 1. The van der Waals surface area contributed by atoms with E-state index in [4.69, 9.17) is 10.2 Å². The lowest BCUT2D eigenvalue weighted by Gasteiger charge is -2.32. The Hall–Kier alpha value is -1.69. The molecule has 2 heterocycles. The number of likely N-dealkylation sites (tertiary alicyclic amines) is 1. The van der Waals surface area contributed by atoms with Crippen LogP contribution in [0.3, 0.4) is 0 Å². The standard InChI is InChI=1S/C18H23N3O2.2ClH/c1-13-3-2-4-16(9-13)20-15-5-7-21(8-6-15)18(22)14-10-17(11-19)23-12-14;;/h2-4,9-10,12,15,20H,5-8,11,19H2,1H3;2*1H. The molecule has 0 bridgehead atoms. The molecular weight excluding hydrogens is 361 g/mol. The van der Waals surface area contributed by atoms with Crippen LogP contribution >= 0.6 is 24.8 Å². The lowest BCUT2D eigenvalue weighted by molar-refractivity contribution is 0.0718. The second-order valence-corrected chi connectivity index (χ2v) is 6.09. The molecule has 2 aromatic rings. The van der Waals surface area contributed by atoms with Crippen LogP contribution in [0.5, 0.6) is 0 Å². The minimum Gasteiger partial charge on any atom is -0.467 e. The number of anilines is 1. The van der Waals surface area contributed by atoms with Crippen molar-refractivity contribution in [3.8, 4) is 0 Å². The monoisotopic (exact) mass is 385 g/mol. The van der Waals surface area contributed by atoms with Crippen LogP contribution in [-0.2, 0) is 6.54 Å². The fraction of sp³-hybridized carbons (Fsp3) is 0.389. The zero-order chi connectivity index (χ0) is 16.2. The summed E-state index contributed by atoms with van der Waals surface area (Å²) in [5.74, 6) is 0.673. The van der Waals surface area contributed by atoms with E-state index in [0.29, 0.717) is 23.9 Å². The molecule has 3 N–H and O–H groups in total. The number of carbonyl (C=O) groups excluding carboxylic acids is 1. The summed E-state index contributed by atoms with van der Waals surface area (Å²) in [5.41, 5.74) is 8.51. The molecule has 3 rings (SSSR count). The van der Waals surface area contributed by atoms with E-state index in [1.54, 1.807) is 6.07 Å². The molecule has 0 saturated carbocycles. The van der Waals surface area contributed by atoms with Gasteiger partial charge in [-0.25, -0.2) is 0 Å². The van der Waals surface area contributed by atoms with Crippen molar-refractivity contribution in [2.45, 2.75) is 32.4 Å². The predicted molar refractivity (Wildman–Crippen MR) is 105 cm³/mol. The van der Waals surface area contributed by atoms with E-state index >= 15 is 0 Å². The van der Waals surface area contributed by atoms with Crippen LogP contribution in [0, 0.1) is 6.92 Å². The molecule has 0 aliphatic carbocycles. The lowest BCUT2D eigenvalue weighted by atomic mass is 10.0. The molecular formula is C18H25Cl2N3O2. The number of nitrogens with two attached hydrogens (primary N) is 1. The van der Waals surface area contributed by atoms with Crippen LogP contribution in [0.4, 0.5) is 5.69 Å². The highest BCUT2D eigenvalue weighted by Gasteiger charge is 2.24. The van der Waals surface area contributed by atoms with Crippen LogP contribution in [-0.4, -0.2) is 29.9 Å². The molecule has 25 heavy (non-hydrogen) atoms. The molecule has 0 radical (unpaired) electrons. The summed E-state index contributed by atoms with van der Waals surface area (Å²) in [4.78, 5) is 14.3. The highest BCUT2D eigenvalue weighted by molar-refractivity contribution is 5.94. The minimum atomic E-state index is 0. The Morgan fingerprint density at radius 1 is 1.28 bits per heavy atom. The average Bonchev–Trinajstić information content (AvgIpc) is 3.04. The third-order valence-electron chi connectivity index (χ3n) is 4.27. The van der Waals surface area contributed by atoms with Gasteiger partial charge in [0.25, 0.3) is 5.91 Å². The van der Waals surface area contributed by atoms with Crippen molar-refractivity contribution in [2.75, 3.05) is 18.4 Å². The van der Waals surface area contributed by atoms with Crippen molar-refractivity contribution >= 4 is 36.4 Å². The van der Waals surface area contributed by atoms with E-state index < -0.39 is 0 Å². The lowest BCUT2D eigenvalue weighted by Crippen LogP contribution is -2.42. The maximum Gasteiger partial charge on any atom is 0.257 e. The van der Waals surface area contributed by atoms with Gasteiger partial charge in [-0.15, -0.1) is 24.8 Å². The molecule has 1 fully saturated rings. The van der Waals surface area contributed by atoms with E-state index in [1.165, 1.54) is 11.8 Å². The van der Waals surface area contributed by atoms with Crippen LogP contribution in [0.1, 0.15) is 34.5 Å². The Morgan fingerprint density at radius 2 is 2.00 bits per heavy atom. The summed E-state index contributed by atoms with van der Waals surface area (Å²) >= 11 is 0. The highest BCUT2D eigenvalue weighted by atomic mass is 35.5. The molecule has 1 aromatic heterocycles. The average molecular weight is 386 g/mol. The molecule has 0 spiro atoms. The van der Waals surface area contributed by atoms with Gasteiger partial charge in [-0.2, -0.15) is 0 Å². The number of hydrogen-bond acceptors (Lipinski definition) is 4. The van der Waals surface area contributed by atoms with Crippen LogP contribution in [0.15, 0.2) is 41.0 Å². The number of rotatable bonds is 4.